The molecule has 1 rings (SSSR count). The summed E-state index contributed by atoms with van der Waals surface area (Å²) in [5.41, 5.74) is 0. The summed E-state index contributed by atoms with van der Waals surface area (Å²) >= 11 is 5.23. The van der Waals surface area contributed by atoms with Gasteiger partial charge in [0.25, 0.3) is 5.82 Å². The molecular formula is C7H7ClF3N3O2. The molecule has 0 radical (unpaired) electrons. The lowest BCUT2D eigenvalue weighted by Crippen LogP contribution is -2.13. The lowest BCUT2D eigenvalue weighted by atomic mass is 10.4. The number of carbonyl (C=O) groups excluding carboxylic acids is 1. The summed E-state index contributed by atoms with van der Waals surface area (Å²) in [6.45, 7) is -0.305. The summed E-state index contributed by atoms with van der Waals surface area (Å²) in [5, 5.41) is 3.12. The third-order valence-electron chi connectivity index (χ3n) is 1.55. The molecule has 0 aliphatic rings. The smallest absolute Gasteiger partial charge is 0.362 e. The predicted octanol–water partition coefficient (Wildman–Crippen LogP) is 1.32. The second-order valence-corrected chi connectivity index (χ2v) is 3.00. The number of rotatable bonds is 4. The highest BCUT2D eigenvalue weighted by molar-refractivity contribution is 6.29. The van der Waals surface area contributed by atoms with E-state index in [0.717, 1.165) is 0 Å². The van der Waals surface area contributed by atoms with E-state index in [9.17, 15) is 18.0 Å². The molecule has 0 bridgehead atoms. The van der Waals surface area contributed by atoms with Crippen LogP contribution in [0.4, 0.5) is 13.2 Å². The van der Waals surface area contributed by atoms with Crippen LogP contribution in [0.15, 0.2) is 0 Å². The maximum absolute atomic E-state index is 12.3. The third-order valence-corrected chi connectivity index (χ3v) is 1.79. The van der Waals surface area contributed by atoms with Gasteiger partial charge >= 0.3 is 6.18 Å². The predicted molar refractivity (Wildman–Crippen MR) is 47.1 cm³/mol. The van der Waals surface area contributed by atoms with Gasteiger partial charge in [0.2, 0.25) is 5.78 Å². The van der Waals surface area contributed by atoms with Crippen molar-refractivity contribution in [1.82, 2.24) is 14.8 Å². The minimum atomic E-state index is -4.71. The fourth-order valence-corrected chi connectivity index (χ4v) is 1.06. The van der Waals surface area contributed by atoms with Crippen LogP contribution in [0.1, 0.15) is 16.4 Å². The van der Waals surface area contributed by atoms with Crippen LogP contribution in [0.25, 0.3) is 0 Å². The number of methoxy groups -OCH3 is 1. The number of hydrogen-bond acceptors (Lipinski definition) is 4. The summed E-state index contributed by atoms with van der Waals surface area (Å²) in [4.78, 5) is 14.3. The monoisotopic (exact) mass is 257 g/mol. The fourth-order valence-electron chi connectivity index (χ4n) is 0.941. The summed E-state index contributed by atoms with van der Waals surface area (Å²) in [6.07, 6.45) is -4.71. The summed E-state index contributed by atoms with van der Waals surface area (Å²) in [7, 11) is 1.25. The number of ketones is 1. The Morgan fingerprint density at radius 3 is 2.62 bits per heavy atom. The van der Waals surface area contributed by atoms with Gasteiger partial charge < -0.3 is 4.74 Å². The van der Waals surface area contributed by atoms with Gasteiger partial charge in [-0.25, -0.2) is 4.68 Å². The molecule has 0 amide bonds. The van der Waals surface area contributed by atoms with Crippen LogP contribution in [-0.4, -0.2) is 33.5 Å². The first kappa shape index (κ1) is 12.9. The van der Waals surface area contributed by atoms with E-state index >= 15 is 0 Å². The van der Waals surface area contributed by atoms with Crippen LogP contribution in [0.3, 0.4) is 0 Å². The van der Waals surface area contributed by atoms with E-state index in [1.807, 2.05) is 0 Å². The lowest BCUT2D eigenvalue weighted by molar-refractivity contribution is -0.145. The van der Waals surface area contributed by atoms with Crippen molar-refractivity contribution >= 4 is 17.4 Å². The molecule has 0 aromatic carbocycles. The molecule has 0 aliphatic heterocycles. The molecule has 5 nitrogen and oxygen atoms in total. The Balaban J connectivity index is 3.15. The van der Waals surface area contributed by atoms with E-state index in [-0.39, 0.29) is 6.73 Å². The van der Waals surface area contributed by atoms with Crippen LogP contribution in [0, 0.1) is 0 Å². The minimum absolute atomic E-state index is 0.305. The Morgan fingerprint density at radius 2 is 2.19 bits per heavy atom. The Bertz CT molecular complexity index is 391. The first-order valence-corrected chi connectivity index (χ1v) is 4.53. The van der Waals surface area contributed by atoms with Crippen LogP contribution in [0.5, 0.6) is 0 Å². The van der Waals surface area contributed by atoms with Crippen LogP contribution in [-0.2, 0) is 17.6 Å². The molecule has 0 saturated carbocycles. The number of nitrogens with zero attached hydrogens (tertiary/aromatic N) is 3. The molecule has 0 spiro atoms. The van der Waals surface area contributed by atoms with E-state index in [4.69, 9.17) is 11.6 Å². The Kier molecular flexibility index (Phi) is 3.87. The Morgan fingerprint density at radius 1 is 1.56 bits per heavy atom. The Labute approximate surface area is 93.2 Å². The van der Waals surface area contributed by atoms with Crippen molar-refractivity contribution < 1.29 is 22.7 Å². The van der Waals surface area contributed by atoms with E-state index in [1.165, 1.54) is 7.11 Å². The van der Waals surface area contributed by atoms with Crippen molar-refractivity contribution in [3.63, 3.8) is 0 Å². The summed E-state index contributed by atoms with van der Waals surface area (Å²) < 4.78 is 42.1. The van der Waals surface area contributed by atoms with E-state index in [2.05, 4.69) is 14.8 Å². The highest BCUT2D eigenvalue weighted by atomic mass is 35.5. The molecular weight excluding hydrogens is 251 g/mol. The SMILES string of the molecule is COCn1nc(C(F)(F)F)nc1C(=O)CCl. The maximum Gasteiger partial charge on any atom is 0.453 e. The van der Waals surface area contributed by atoms with Crippen molar-refractivity contribution in [3.8, 4) is 0 Å². The molecule has 1 aromatic rings. The molecule has 90 valence electrons. The number of aromatic nitrogens is 3. The second kappa shape index (κ2) is 4.79. The molecule has 0 saturated heterocycles. The average molecular weight is 258 g/mol. The molecule has 0 atom stereocenters. The molecule has 16 heavy (non-hydrogen) atoms. The van der Waals surface area contributed by atoms with Crippen LogP contribution >= 0.6 is 11.6 Å². The van der Waals surface area contributed by atoms with Crippen molar-refractivity contribution in [2.45, 2.75) is 12.9 Å². The quantitative estimate of drug-likeness (QED) is 0.603. The van der Waals surface area contributed by atoms with Gasteiger partial charge in [-0.2, -0.15) is 18.2 Å². The zero-order valence-corrected chi connectivity index (χ0v) is 8.84. The van der Waals surface area contributed by atoms with E-state index in [1.54, 1.807) is 0 Å². The topological polar surface area (TPSA) is 57.0 Å². The maximum atomic E-state index is 12.3. The van der Waals surface area contributed by atoms with Gasteiger partial charge in [0.15, 0.2) is 5.82 Å². The Hall–Kier alpha value is -1.15. The standard InChI is InChI=1S/C7H7ClF3N3O2/c1-16-3-14-5(4(15)2-8)12-6(13-14)7(9,10)11/h2-3H2,1H3. The lowest BCUT2D eigenvalue weighted by Gasteiger charge is -2.01. The van der Waals surface area contributed by atoms with Gasteiger partial charge in [0.1, 0.15) is 6.73 Å². The van der Waals surface area contributed by atoms with Crippen molar-refractivity contribution in [1.29, 1.82) is 0 Å². The number of halogens is 4. The molecule has 0 fully saturated rings. The average Bonchev–Trinajstić information content (AvgIpc) is 2.61. The van der Waals surface area contributed by atoms with Crippen molar-refractivity contribution in [2.24, 2.45) is 0 Å². The largest absolute Gasteiger partial charge is 0.453 e. The zero-order valence-electron chi connectivity index (χ0n) is 8.08. The molecule has 1 heterocycles. The number of carbonyl (C=O) groups is 1. The first-order valence-electron chi connectivity index (χ1n) is 4.00. The fraction of sp³-hybridized carbons (Fsp3) is 0.571. The molecule has 1 aromatic heterocycles. The minimum Gasteiger partial charge on any atom is -0.362 e. The van der Waals surface area contributed by atoms with Gasteiger partial charge in [0, 0.05) is 7.11 Å². The molecule has 0 aliphatic carbocycles. The van der Waals surface area contributed by atoms with Gasteiger partial charge in [0.05, 0.1) is 5.88 Å². The van der Waals surface area contributed by atoms with Gasteiger partial charge in [-0.15, -0.1) is 16.7 Å². The first-order chi connectivity index (χ1) is 7.40. The molecule has 0 unspecified atom stereocenters. The zero-order chi connectivity index (χ0) is 12.3. The van der Waals surface area contributed by atoms with Crippen LogP contribution in [0.2, 0.25) is 0 Å². The van der Waals surface area contributed by atoms with Crippen LogP contribution < -0.4 is 0 Å². The van der Waals surface area contributed by atoms with Gasteiger partial charge in [-0.05, 0) is 0 Å². The van der Waals surface area contributed by atoms with Crippen molar-refractivity contribution in [3.05, 3.63) is 11.6 Å². The normalized spacial score (nSPS) is 11.8. The van der Waals surface area contributed by atoms with Crippen molar-refractivity contribution in [2.75, 3.05) is 13.0 Å². The number of ether oxygens (including phenoxy) is 1. The molecule has 9 heteroatoms. The van der Waals surface area contributed by atoms with Gasteiger partial charge in [-0.3, -0.25) is 4.79 Å². The highest BCUT2D eigenvalue weighted by Crippen LogP contribution is 2.26. The number of hydrogen-bond donors (Lipinski definition) is 0. The number of alkyl halides is 4. The summed E-state index contributed by atoms with van der Waals surface area (Å²) in [6, 6.07) is 0. The number of Topliss-reactive ketones (excluding diaryl/α,β-unsaturated/α-hetero) is 1. The van der Waals surface area contributed by atoms with Gasteiger partial charge in [-0.1, -0.05) is 0 Å². The molecule has 0 N–H and O–H groups in total. The highest BCUT2D eigenvalue weighted by Gasteiger charge is 2.37. The van der Waals surface area contributed by atoms with E-state index < -0.39 is 29.5 Å². The van der Waals surface area contributed by atoms with E-state index in [0.29, 0.717) is 4.68 Å². The third kappa shape index (κ3) is 2.70. The summed E-state index contributed by atoms with van der Waals surface area (Å²) in [5.74, 6) is -3.08. The second-order valence-electron chi connectivity index (χ2n) is 2.73.